The molecule has 28 nitrogen and oxygen atoms in total. The van der Waals surface area contributed by atoms with Crippen LogP contribution in [-0.4, -0.2) is 116 Å². The molecule has 14 rings (SSSR count). The van der Waals surface area contributed by atoms with E-state index in [0.717, 1.165) is 13.2 Å². The van der Waals surface area contributed by atoms with Gasteiger partial charge >= 0.3 is 0 Å². The molecule has 13 aromatic heterocycles. The quantitative estimate of drug-likeness (QED) is 0.114. The third-order valence-corrected chi connectivity index (χ3v) is 6.30. The number of aromatic amines is 4. The number of thiophene rings is 1. The first-order valence-corrected chi connectivity index (χ1v) is 20.9. The summed E-state index contributed by atoms with van der Waals surface area (Å²) in [5.41, 5.74) is 0. The summed E-state index contributed by atoms with van der Waals surface area (Å²) in [5, 5.41) is 47.6. The Morgan fingerprint density at radius 1 is 0.471 bits per heavy atom. The van der Waals surface area contributed by atoms with E-state index < -0.39 is 0 Å². The van der Waals surface area contributed by atoms with Crippen LogP contribution in [0.15, 0.2) is 263 Å². The van der Waals surface area contributed by atoms with Gasteiger partial charge in [0.15, 0.2) is 19.1 Å². The lowest BCUT2D eigenvalue weighted by molar-refractivity contribution is 0.307. The van der Waals surface area contributed by atoms with Gasteiger partial charge in [-0.1, -0.05) is 32.8 Å². The number of nitrogens with one attached hydrogen (secondary N) is 4. The van der Waals surface area contributed by atoms with E-state index in [0.29, 0.717) is 0 Å². The van der Waals surface area contributed by atoms with E-state index in [1.807, 2.05) is 77.1 Å². The van der Waals surface area contributed by atoms with Crippen molar-refractivity contribution in [1.82, 2.24) is 96.1 Å². The Balaban J connectivity index is 0.000000377. The van der Waals surface area contributed by atoms with Gasteiger partial charge in [0.1, 0.15) is 25.4 Å². The number of imidazole rings is 1. The van der Waals surface area contributed by atoms with Crippen LogP contribution < -0.4 is 0 Å². The molecule has 0 aromatic carbocycles. The fourth-order valence-corrected chi connectivity index (χ4v) is 3.47. The second kappa shape index (κ2) is 55.0. The number of aromatic nitrogens is 19. The van der Waals surface area contributed by atoms with Crippen molar-refractivity contribution in [2.45, 2.75) is 0 Å². The number of hydrogen-bond donors (Lipinski definition) is 4. The van der Waals surface area contributed by atoms with Crippen molar-refractivity contribution in [3.63, 3.8) is 0 Å². The molecule has 0 radical (unpaired) electrons. The standard InChI is InChI=1S/C4H5N.C4H4O.C4H4S.2C3H4N2.C3H5NO.2C3H3NO.C3H3NS.C2H3N3.4C2H2N2O/c3*1-2-4-5-3-1;1-2-5-3-4-1;1-2-4-5-3-1;2*1-2-5-3-4-1;3*1-2-4-5-3-1;1-3-4-2-5-1;1-3-2-5-4-1;1-2-5-4-3-1;1-2-4-5-3-1/h1-5H;2*1-4H;2*1-3H,(H,4,5);3H,1-2H2;3*1-3H;1-2H,(H,3,4,5);4*1-2H. The topological polar surface area (TPSA) is 370 Å². The van der Waals surface area contributed by atoms with E-state index >= 15 is 0 Å². The Hall–Kier alpha value is -10.1. The molecule has 4 N–H and O–H groups in total. The van der Waals surface area contributed by atoms with Crippen molar-refractivity contribution in [3.8, 4) is 0 Å². The molecule has 366 valence electrons. The molecule has 0 amide bonds. The number of aliphatic imine (C=N–C) groups is 1. The minimum Gasteiger partial charge on any atom is -0.482 e. The van der Waals surface area contributed by atoms with Crippen molar-refractivity contribution in [1.29, 1.82) is 0 Å². The summed E-state index contributed by atoms with van der Waals surface area (Å²) < 4.78 is 38.7. The van der Waals surface area contributed by atoms with Gasteiger partial charge < -0.3 is 41.5 Å². The molecule has 0 atom stereocenters. The van der Waals surface area contributed by atoms with Gasteiger partial charge in [-0.3, -0.25) is 10.1 Å². The summed E-state index contributed by atoms with van der Waals surface area (Å²) in [7, 11) is 0. The maximum atomic E-state index is 4.65. The fraction of sp³-hybridized carbons (Fsp3) is 0.0500. The smallest absolute Gasteiger partial charge is 0.213 e. The van der Waals surface area contributed by atoms with Gasteiger partial charge in [0.05, 0.1) is 68.8 Å². The number of nitrogens with zero attached hydrogens (tertiary/aromatic N) is 16. The van der Waals surface area contributed by atoms with Gasteiger partial charge in [-0.15, -0.1) is 15.3 Å². The van der Waals surface area contributed by atoms with Crippen LogP contribution in [0.1, 0.15) is 0 Å². The third kappa shape index (κ3) is 52.2. The van der Waals surface area contributed by atoms with E-state index in [-0.39, 0.29) is 0 Å². The Labute approximate surface area is 405 Å². The average molecular weight is 999 g/mol. The van der Waals surface area contributed by atoms with Gasteiger partial charge in [0, 0.05) is 54.0 Å². The average Bonchev–Trinajstić information content (AvgIpc) is 4.33. The van der Waals surface area contributed by atoms with Crippen molar-refractivity contribution in [2.75, 3.05) is 13.2 Å². The second-order valence-electron chi connectivity index (χ2n) is 9.93. The molecule has 0 saturated carbocycles. The molecule has 30 heteroatoms. The predicted octanol–water partition coefficient (Wildman–Crippen LogP) is 7.48. The van der Waals surface area contributed by atoms with Crippen LogP contribution >= 0.6 is 22.9 Å². The Morgan fingerprint density at radius 2 is 1.30 bits per heavy atom. The second-order valence-corrected chi connectivity index (χ2v) is 11.4. The molecular formula is C40H46N20O8S2. The van der Waals surface area contributed by atoms with E-state index in [1.165, 1.54) is 87.2 Å². The number of furan rings is 1. The molecule has 1 aliphatic heterocycles. The lowest BCUT2D eigenvalue weighted by Gasteiger charge is -1.76. The highest BCUT2D eigenvalue weighted by atomic mass is 32.1. The highest BCUT2D eigenvalue weighted by molar-refractivity contribution is 7.07. The van der Waals surface area contributed by atoms with Gasteiger partial charge in [-0.05, 0) is 64.8 Å². The summed E-state index contributed by atoms with van der Waals surface area (Å²) in [4.78, 5) is 20.0. The van der Waals surface area contributed by atoms with Crippen LogP contribution in [-0.2, 0) is 4.74 Å². The molecule has 0 spiro atoms. The SMILES string of the molecule is C1=NCCO1.c1c[nH]cn1.c1cc[nH]c1.c1ccoc1.c1ccsc1.c1cn[nH]c1.c1cn[nH]n1.c1cnoc1.c1cnon1.c1cnsc1.c1cocn1.c1conn1.c1ncon1.c1nnco1. The third-order valence-electron chi connectivity index (χ3n) is 5.15. The normalized spacial score (nSPS) is 8.80. The summed E-state index contributed by atoms with van der Waals surface area (Å²) in [6.45, 7) is 1.62. The zero-order valence-electron chi connectivity index (χ0n) is 36.6. The van der Waals surface area contributed by atoms with Crippen LogP contribution in [0.2, 0.25) is 0 Å². The van der Waals surface area contributed by atoms with Gasteiger partial charge in [0.2, 0.25) is 19.2 Å². The van der Waals surface area contributed by atoms with Crippen LogP contribution in [0, 0.1) is 0 Å². The van der Waals surface area contributed by atoms with E-state index in [2.05, 4.69) is 137 Å². The van der Waals surface area contributed by atoms with Crippen LogP contribution in [0.5, 0.6) is 0 Å². The lowest BCUT2D eigenvalue weighted by Crippen LogP contribution is -1.80. The molecule has 14 heterocycles. The molecule has 0 unspecified atom stereocenters. The minimum absolute atomic E-state index is 0.778. The van der Waals surface area contributed by atoms with Crippen LogP contribution in [0.25, 0.3) is 0 Å². The first-order chi connectivity index (χ1) is 35.0. The molecule has 0 fully saturated rings. The number of hydrogen-bond acceptors (Lipinski definition) is 26. The van der Waals surface area contributed by atoms with Crippen LogP contribution in [0.4, 0.5) is 0 Å². The largest absolute Gasteiger partial charge is 0.482 e. The Kier molecular flexibility index (Phi) is 45.5. The summed E-state index contributed by atoms with van der Waals surface area (Å²) in [6.07, 6.45) is 40.5. The molecule has 0 saturated heterocycles. The highest BCUT2D eigenvalue weighted by Crippen LogP contribution is 1.91. The fourth-order valence-electron chi connectivity index (χ4n) is 2.66. The first kappa shape index (κ1) is 57.9. The first-order valence-electron chi connectivity index (χ1n) is 19.1. The molecule has 1 aliphatic rings. The Morgan fingerprint density at radius 3 is 1.50 bits per heavy atom. The predicted molar refractivity (Wildman–Crippen MR) is 249 cm³/mol. The van der Waals surface area contributed by atoms with Gasteiger partial charge in [-0.25, -0.2) is 24.0 Å². The van der Waals surface area contributed by atoms with E-state index in [4.69, 9.17) is 0 Å². The molecule has 0 bridgehead atoms. The van der Waals surface area contributed by atoms with E-state index in [9.17, 15) is 0 Å². The minimum atomic E-state index is 0.778. The summed E-state index contributed by atoms with van der Waals surface area (Å²) in [5.74, 6) is 0. The van der Waals surface area contributed by atoms with Crippen molar-refractivity contribution >= 4 is 29.3 Å². The lowest BCUT2D eigenvalue weighted by atomic mass is 10.7. The molecule has 0 aliphatic carbocycles. The number of oxazole rings is 1. The number of H-pyrrole nitrogens is 4. The van der Waals surface area contributed by atoms with E-state index in [1.54, 1.807) is 92.0 Å². The Bertz CT molecular complexity index is 1600. The van der Waals surface area contributed by atoms with Crippen LogP contribution in [0.3, 0.4) is 0 Å². The van der Waals surface area contributed by atoms with Crippen molar-refractivity contribution < 1.29 is 36.2 Å². The zero-order chi connectivity index (χ0) is 49.5. The maximum Gasteiger partial charge on any atom is 0.213 e. The number of rotatable bonds is 0. The molecule has 70 heavy (non-hydrogen) atoms. The monoisotopic (exact) mass is 998 g/mol. The zero-order valence-corrected chi connectivity index (χ0v) is 38.2. The van der Waals surface area contributed by atoms with Gasteiger partial charge in [0.25, 0.3) is 0 Å². The van der Waals surface area contributed by atoms with Crippen molar-refractivity contribution in [2.24, 2.45) is 4.99 Å². The number of ether oxygens (including phenoxy) is 1. The summed E-state index contributed by atoms with van der Waals surface area (Å²) in [6, 6.07) is 17.1. The summed E-state index contributed by atoms with van der Waals surface area (Å²) >= 11 is 3.18. The molecular weight excluding hydrogens is 953 g/mol. The highest BCUT2D eigenvalue weighted by Gasteiger charge is 1.84. The van der Waals surface area contributed by atoms with Gasteiger partial charge in [-0.2, -0.15) is 31.8 Å². The molecule has 13 aromatic rings. The van der Waals surface area contributed by atoms with Crippen molar-refractivity contribution in [3.05, 3.63) is 227 Å². The maximum absolute atomic E-state index is 4.65.